The summed E-state index contributed by atoms with van der Waals surface area (Å²) in [5.41, 5.74) is 0.661. The number of hydrogen-bond donors (Lipinski definition) is 3. The minimum Gasteiger partial charge on any atom is -0.393 e. The summed E-state index contributed by atoms with van der Waals surface area (Å²) in [6, 6.07) is 6.34. The minimum atomic E-state index is -0.452. The van der Waals surface area contributed by atoms with E-state index >= 15 is 0 Å². The van der Waals surface area contributed by atoms with Crippen LogP contribution < -0.4 is 10.6 Å². The number of halogens is 2. The van der Waals surface area contributed by atoms with E-state index in [-0.39, 0.29) is 6.03 Å². The van der Waals surface area contributed by atoms with Crippen molar-refractivity contribution in [1.29, 1.82) is 0 Å². The van der Waals surface area contributed by atoms with Gasteiger partial charge >= 0.3 is 6.03 Å². The van der Waals surface area contributed by atoms with E-state index in [1.807, 2.05) is 0 Å². The Labute approximate surface area is 138 Å². The van der Waals surface area contributed by atoms with Crippen molar-refractivity contribution in [2.24, 2.45) is 0 Å². The molecule has 118 valence electrons. The molecule has 0 aliphatic heterocycles. The number of urea groups is 1. The van der Waals surface area contributed by atoms with Crippen molar-refractivity contribution >= 4 is 35.1 Å². The van der Waals surface area contributed by atoms with Gasteiger partial charge in [-0.05, 0) is 31.5 Å². The van der Waals surface area contributed by atoms with Gasteiger partial charge in [0.1, 0.15) is 0 Å². The highest BCUT2D eigenvalue weighted by atomic mass is 35.5. The predicted octanol–water partition coefficient (Wildman–Crippen LogP) is 3.07. The summed E-state index contributed by atoms with van der Waals surface area (Å²) in [4.78, 5) is 11.7. The zero-order valence-corrected chi connectivity index (χ0v) is 13.4. The molecule has 2 rings (SSSR count). The maximum absolute atomic E-state index is 11.7. The fourth-order valence-electron chi connectivity index (χ4n) is 1.75. The maximum Gasteiger partial charge on any atom is 0.320 e. The monoisotopic (exact) mass is 342 g/mol. The van der Waals surface area contributed by atoms with Gasteiger partial charge in [-0.2, -0.15) is 0 Å². The molecule has 0 spiro atoms. The molecule has 2 amide bonds. The number of carbonyl (C=O) groups is 1. The van der Waals surface area contributed by atoms with E-state index in [1.54, 1.807) is 42.1 Å². The predicted molar refractivity (Wildman–Crippen MR) is 86.9 cm³/mol. The van der Waals surface area contributed by atoms with E-state index < -0.39 is 6.10 Å². The number of aliphatic hydroxyl groups is 1. The summed E-state index contributed by atoms with van der Waals surface area (Å²) in [6.07, 6.45) is 1.72. The largest absolute Gasteiger partial charge is 0.393 e. The number of aromatic nitrogens is 2. The topological polar surface area (TPSA) is 79.2 Å². The van der Waals surface area contributed by atoms with Crippen LogP contribution in [0.15, 0.2) is 30.5 Å². The number of nitrogens with one attached hydrogen (secondary N) is 2. The number of carbonyl (C=O) groups excluding carboxylic acids is 1. The quantitative estimate of drug-likeness (QED) is 0.781. The van der Waals surface area contributed by atoms with Gasteiger partial charge in [0.25, 0.3) is 0 Å². The van der Waals surface area contributed by atoms with Gasteiger partial charge in [-0.3, -0.25) is 5.32 Å². The van der Waals surface area contributed by atoms with Gasteiger partial charge in [-0.25, -0.2) is 9.48 Å². The number of anilines is 1. The number of aliphatic hydroxyl groups excluding tert-OH is 1. The van der Waals surface area contributed by atoms with Crippen molar-refractivity contribution in [3.63, 3.8) is 0 Å². The number of hydrogen-bond acceptors (Lipinski definition) is 3. The lowest BCUT2D eigenvalue weighted by Crippen LogP contribution is -2.31. The average Bonchev–Trinajstić information content (AvgIpc) is 2.86. The fraction of sp³-hybridized carbons (Fsp3) is 0.286. The third-order valence-electron chi connectivity index (χ3n) is 2.83. The molecule has 0 bridgehead atoms. The third kappa shape index (κ3) is 4.62. The maximum atomic E-state index is 11.7. The van der Waals surface area contributed by atoms with Crippen LogP contribution in [0.3, 0.4) is 0 Å². The Morgan fingerprint density at radius 1 is 1.41 bits per heavy atom. The molecule has 0 aliphatic carbocycles. The second-order valence-electron chi connectivity index (χ2n) is 4.76. The van der Waals surface area contributed by atoms with E-state index in [9.17, 15) is 4.79 Å². The zero-order valence-electron chi connectivity index (χ0n) is 11.9. The molecular weight excluding hydrogens is 327 g/mol. The standard InChI is InChI=1S/C14H16Cl2N4O2/c1-9(21)4-6-17-14(22)18-13-5-7-20(19-13)12-3-2-10(15)8-11(12)16/h2-3,5,7-9,21H,4,6H2,1H3,(H2,17,18,19,22). The van der Waals surface area contributed by atoms with Crippen LogP contribution in [0.1, 0.15) is 13.3 Å². The smallest absolute Gasteiger partial charge is 0.320 e. The van der Waals surface area contributed by atoms with Crippen molar-refractivity contribution in [1.82, 2.24) is 15.1 Å². The molecule has 0 saturated carbocycles. The number of rotatable bonds is 5. The van der Waals surface area contributed by atoms with Crippen molar-refractivity contribution in [2.75, 3.05) is 11.9 Å². The molecule has 22 heavy (non-hydrogen) atoms. The molecule has 1 aromatic heterocycles. The number of benzene rings is 1. The van der Waals surface area contributed by atoms with E-state index in [1.165, 1.54) is 0 Å². The van der Waals surface area contributed by atoms with Gasteiger partial charge in [-0.15, -0.1) is 5.10 Å². The van der Waals surface area contributed by atoms with Crippen LogP contribution in [0.4, 0.5) is 10.6 Å². The highest BCUT2D eigenvalue weighted by Crippen LogP contribution is 2.24. The molecule has 3 N–H and O–H groups in total. The zero-order chi connectivity index (χ0) is 16.1. The minimum absolute atomic E-state index is 0.381. The van der Waals surface area contributed by atoms with Crippen molar-refractivity contribution < 1.29 is 9.90 Å². The Balaban J connectivity index is 1.98. The third-order valence-corrected chi connectivity index (χ3v) is 3.37. The van der Waals surface area contributed by atoms with Crippen molar-refractivity contribution in [2.45, 2.75) is 19.4 Å². The first kappa shape index (κ1) is 16.6. The van der Waals surface area contributed by atoms with E-state index in [0.29, 0.717) is 34.5 Å². The molecule has 0 aliphatic rings. The molecule has 6 nitrogen and oxygen atoms in total. The molecular formula is C14H16Cl2N4O2. The Hall–Kier alpha value is -1.76. The van der Waals surface area contributed by atoms with Crippen molar-refractivity contribution in [3.05, 3.63) is 40.5 Å². The Bertz CT molecular complexity index is 658. The molecule has 0 saturated heterocycles. The van der Waals surface area contributed by atoms with Gasteiger partial charge in [-0.1, -0.05) is 23.2 Å². The number of amides is 2. The van der Waals surface area contributed by atoms with Crippen LogP contribution in [-0.2, 0) is 0 Å². The molecule has 1 aromatic carbocycles. The second kappa shape index (κ2) is 7.49. The molecule has 2 aromatic rings. The van der Waals surface area contributed by atoms with Gasteiger partial charge < -0.3 is 10.4 Å². The molecule has 1 unspecified atom stereocenters. The number of nitrogens with zero attached hydrogens (tertiary/aromatic N) is 2. The first-order valence-corrected chi connectivity index (χ1v) is 7.45. The van der Waals surface area contributed by atoms with Crippen LogP contribution in [0.5, 0.6) is 0 Å². The molecule has 1 atom stereocenters. The Kier molecular flexibility index (Phi) is 5.65. The van der Waals surface area contributed by atoms with Gasteiger partial charge in [0.2, 0.25) is 0 Å². The summed E-state index contributed by atoms with van der Waals surface area (Å²) >= 11 is 12.0. The van der Waals surface area contributed by atoms with E-state index in [0.717, 1.165) is 0 Å². The summed E-state index contributed by atoms with van der Waals surface area (Å²) < 4.78 is 1.55. The Morgan fingerprint density at radius 3 is 2.86 bits per heavy atom. The molecule has 8 heteroatoms. The SMILES string of the molecule is CC(O)CCNC(=O)Nc1ccn(-c2ccc(Cl)cc2Cl)n1. The molecule has 0 radical (unpaired) electrons. The highest BCUT2D eigenvalue weighted by Gasteiger charge is 2.08. The van der Waals surface area contributed by atoms with Crippen LogP contribution in [0, 0.1) is 0 Å². The lowest BCUT2D eigenvalue weighted by atomic mass is 10.3. The average molecular weight is 343 g/mol. The van der Waals surface area contributed by atoms with Gasteiger partial charge in [0.15, 0.2) is 5.82 Å². The molecule has 1 heterocycles. The Morgan fingerprint density at radius 2 is 2.18 bits per heavy atom. The highest BCUT2D eigenvalue weighted by molar-refractivity contribution is 6.35. The first-order chi connectivity index (χ1) is 10.5. The summed E-state index contributed by atoms with van der Waals surface area (Å²) in [7, 11) is 0. The van der Waals surface area contributed by atoms with E-state index in [4.69, 9.17) is 28.3 Å². The van der Waals surface area contributed by atoms with Gasteiger partial charge in [0.05, 0.1) is 16.8 Å². The normalized spacial score (nSPS) is 12.0. The molecule has 0 fully saturated rings. The van der Waals surface area contributed by atoms with Crippen molar-refractivity contribution in [3.8, 4) is 5.69 Å². The van der Waals surface area contributed by atoms with Gasteiger partial charge in [0, 0.05) is 23.8 Å². The second-order valence-corrected chi connectivity index (χ2v) is 5.60. The van der Waals surface area contributed by atoms with Crippen LogP contribution in [0.2, 0.25) is 10.0 Å². The van der Waals surface area contributed by atoms with Crippen LogP contribution >= 0.6 is 23.2 Å². The fourth-order valence-corrected chi connectivity index (χ4v) is 2.24. The summed E-state index contributed by atoms with van der Waals surface area (Å²) in [5, 5.41) is 19.6. The first-order valence-electron chi connectivity index (χ1n) is 6.69. The lowest BCUT2D eigenvalue weighted by molar-refractivity contribution is 0.184. The van der Waals surface area contributed by atoms with Crippen LogP contribution in [-0.4, -0.2) is 33.6 Å². The van der Waals surface area contributed by atoms with Crippen LogP contribution in [0.25, 0.3) is 5.69 Å². The summed E-state index contributed by atoms with van der Waals surface area (Å²) in [6.45, 7) is 2.05. The lowest BCUT2D eigenvalue weighted by Gasteiger charge is -2.07. The van der Waals surface area contributed by atoms with E-state index in [2.05, 4.69) is 15.7 Å². The summed E-state index contributed by atoms with van der Waals surface area (Å²) in [5.74, 6) is 0.389.